The van der Waals surface area contributed by atoms with Gasteiger partial charge in [0.1, 0.15) is 0 Å². The largest absolute Gasteiger partial charge is 0.348 e. The van der Waals surface area contributed by atoms with Gasteiger partial charge in [-0.3, -0.25) is 14.6 Å². The quantitative estimate of drug-likeness (QED) is 0.771. The van der Waals surface area contributed by atoms with Crippen molar-refractivity contribution >= 4 is 17.6 Å². The Balaban J connectivity index is 1.36. The van der Waals surface area contributed by atoms with Crippen molar-refractivity contribution in [2.45, 2.75) is 38.8 Å². The Kier molecular flexibility index (Phi) is 6.64. The molecule has 0 unspecified atom stereocenters. The summed E-state index contributed by atoms with van der Waals surface area (Å²) < 4.78 is 0. The number of anilines is 1. The number of rotatable bonds is 6. The van der Waals surface area contributed by atoms with Gasteiger partial charge in [0.2, 0.25) is 0 Å². The zero-order valence-electron chi connectivity index (χ0n) is 17.4. The maximum absolute atomic E-state index is 12.6. The lowest BCUT2D eigenvalue weighted by Gasteiger charge is -2.21. The van der Waals surface area contributed by atoms with Crippen LogP contribution in [0.1, 0.15) is 47.2 Å². The monoisotopic (exact) mass is 406 g/mol. The van der Waals surface area contributed by atoms with Gasteiger partial charge in [-0.15, -0.1) is 0 Å². The number of amides is 3. The maximum Gasteiger partial charge on any atom is 0.321 e. The summed E-state index contributed by atoms with van der Waals surface area (Å²) in [6, 6.07) is 15.5. The highest BCUT2D eigenvalue weighted by Gasteiger charge is 2.21. The van der Waals surface area contributed by atoms with Crippen LogP contribution in [-0.2, 0) is 13.1 Å². The molecular formula is C24H30N4O2. The normalized spacial score (nSPS) is 17.5. The van der Waals surface area contributed by atoms with Crippen LogP contribution in [0.25, 0.3) is 0 Å². The van der Waals surface area contributed by atoms with Crippen LogP contribution in [-0.4, -0.2) is 43.0 Å². The second kappa shape index (κ2) is 9.76. The first-order chi connectivity index (χ1) is 14.7. The molecule has 2 aliphatic heterocycles. The first-order valence-electron chi connectivity index (χ1n) is 10.9. The summed E-state index contributed by atoms with van der Waals surface area (Å²) in [5.41, 5.74) is 3.86. The minimum Gasteiger partial charge on any atom is -0.348 e. The summed E-state index contributed by atoms with van der Waals surface area (Å²) in [6.45, 7) is 5.07. The SMILES string of the molecule is O=C(NCc1ccccc1CN1CCCCCC1)c1ccc(N2CCNC2=O)cc1. The molecule has 30 heavy (non-hydrogen) atoms. The Morgan fingerprint density at radius 2 is 1.60 bits per heavy atom. The van der Waals surface area contributed by atoms with Crippen molar-refractivity contribution in [1.82, 2.24) is 15.5 Å². The lowest BCUT2D eigenvalue weighted by molar-refractivity contribution is 0.0950. The number of nitrogens with zero attached hydrogens (tertiary/aromatic N) is 2. The molecule has 0 atom stereocenters. The van der Waals surface area contributed by atoms with Crippen LogP contribution < -0.4 is 15.5 Å². The highest BCUT2D eigenvalue weighted by Crippen LogP contribution is 2.18. The van der Waals surface area contributed by atoms with Crippen LogP contribution in [0.5, 0.6) is 0 Å². The van der Waals surface area contributed by atoms with E-state index in [0.717, 1.165) is 25.3 Å². The number of benzene rings is 2. The van der Waals surface area contributed by atoms with Crippen LogP contribution in [0.2, 0.25) is 0 Å². The summed E-state index contributed by atoms with van der Waals surface area (Å²) in [5, 5.41) is 5.84. The summed E-state index contributed by atoms with van der Waals surface area (Å²) in [5.74, 6) is -0.100. The van der Waals surface area contributed by atoms with Gasteiger partial charge in [0.25, 0.3) is 5.91 Å². The molecule has 158 valence electrons. The average molecular weight is 407 g/mol. The third-order valence-corrected chi connectivity index (χ3v) is 5.95. The zero-order valence-corrected chi connectivity index (χ0v) is 17.4. The number of carbonyl (C=O) groups excluding carboxylic acids is 2. The van der Waals surface area contributed by atoms with E-state index in [0.29, 0.717) is 25.2 Å². The number of urea groups is 1. The van der Waals surface area contributed by atoms with Gasteiger partial charge in [-0.2, -0.15) is 0 Å². The standard InChI is InChI=1S/C24H30N4O2/c29-23(19-9-11-22(12-10-19)28-16-13-25-24(28)30)26-17-20-7-3-4-8-21(20)18-27-14-5-1-2-6-15-27/h3-4,7-12H,1-2,5-6,13-18H2,(H,25,30)(H,26,29). The molecule has 4 rings (SSSR count). The number of hydrogen-bond acceptors (Lipinski definition) is 3. The molecular weight excluding hydrogens is 376 g/mol. The summed E-state index contributed by atoms with van der Waals surface area (Å²) in [7, 11) is 0. The second-order valence-electron chi connectivity index (χ2n) is 8.07. The van der Waals surface area contributed by atoms with E-state index in [1.54, 1.807) is 17.0 Å². The maximum atomic E-state index is 12.6. The molecule has 0 spiro atoms. The van der Waals surface area contributed by atoms with E-state index in [1.807, 2.05) is 18.2 Å². The van der Waals surface area contributed by atoms with E-state index in [-0.39, 0.29) is 11.9 Å². The molecule has 0 bridgehead atoms. The molecule has 2 aromatic carbocycles. The predicted octanol–water partition coefficient (Wildman–Crippen LogP) is 3.52. The van der Waals surface area contributed by atoms with E-state index < -0.39 is 0 Å². The minimum atomic E-state index is -0.100. The Morgan fingerprint density at radius 3 is 2.27 bits per heavy atom. The highest BCUT2D eigenvalue weighted by molar-refractivity contribution is 5.97. The smallest absolute Gasteiger partial charge is 0.321 e. The van der Waals surface area contributed by atoms with Crippen LogP contribution >= 0.6 is 0 Å². The Morgan fingerprint density at radius 1 is 0.900 bits per heavy atom. The number of hydrogen-bond donors (Lipinski definition) is 2. The highest BCUT2D eigenvalue weighted by atomic mass is 16.2. The van der Waals surface area contributed by atoms with E-state index >= 15 is 0 Å². The summed E-state index contributed by atoms with van der Waals surface area (Å²) in [6.07, 6.45) is 5.20. The van der Waals surface area contributed by atoms with E-state index in [4.69, 9.17) is 0 Å². The van der Waals surface area contributed by atoms with Gasteiger partial charge in [-0.05, 0) is 61.3 Å². The Bertz CT molecular complexity index is 873. The lowest BCUT2D eigenvalue weighted by Crippen LogP contribution is -2.28. The third-order valence-electron chi connectivity index (χ3n) is 5.95. The molecule has 2 heterocycles. The van der Waals surface area contributed by atoms with Crippen molar-refractivity contribution in [3.05, 3.63) is 65.2 Å². The van der Waals surface area contributed by atoms with E-state index in [2.05, 4.69) is 33.7 Å². The topological polar surface area (TPSA) is 64.7 Å². The number of nitrogens with one attached hydrogen (secondary N) is 2. The van der Waals surface area contributed by atoms with Crippen molar-refractivity contribution in [2.75, 3.05) is 31.1 Å². The summed E-state index contributed by atoms with van der Waals surface area (Å²) >= 11 is 0. The van der Waals surface area contributed by atoms with Crippen LogP contribution in [0, 0.1) is 0 Å². The first-order valence-corrected chi connectivity index (χ1v) is 10.9. The molecule has 2 N–H and O–H groups in total. The Hall–Kier alpha value is -2.86. The lowest BCUT2D eigenvalue weighted by atomic mass is 10.1. The zero-order chi connectivity index (χ0) is 20.8. The third kappa shape index (κ3) is 5.00. The van der Waals surface area contributed by atoms with Gasteiger partial charge in [0.05, 0.1) is 0 Å². The fourth-order valence-corrected chi connectivity index (χ4v) is 4.21. The molecule has 6 nitrogen and oxygen atoms in total. The van der Waals surface area contributed by atoms with Gasteiger partial charge in [-0.1, -0.05) is 37.1 Å². The molecule has 3 amide bonds. The molecule has 0 radical (unpaired) electrons. The molecule has 0 saturated carbocycles. The number of carbonyl (C=O) groups is 2. The fourth-order valence-electron chi connectivity index (χ4n) is 4.21. The van der Waals surface area contributed by atoms with Gasteiger partial charge in [-0.25, -0.2) is 4.79 Å². The first kappa shape index (κ1) is 20.4. The van der Waals surface area contributed by atoms with Crippen molar-refractivity contribution in [3.8, 4) is 0 Å². The molecule has 0 aliphatic carbocycles. The minimum absolute atomic E-state index is 0.0896. The van der Waals surface area contributed by atoms with E-state index in [9.17, 15) is 9.59 Å². The van der Waals surface area contributed by atoms with Crippen molar-refractivity contribution in [3.63, 3.8) is 0 Å². The van der Waals surface area contributed by atoms with E-state index in [1.165, 1.54) is 36.8 Å². The summed E-state index contributed by atoms with van der Waals surface area (Å²) in [4.78, 5) is 28.6. The van der Waals surface area contributed by atoms with Gasteiger partial charge < -0.3 is 10.6 Å². The molecule has 2 saturated heterocycles. The molecule has 6 heteroatoms. The van der Waals surface area contributed by atoms with Crippen LogP contribution in [0.3, 0.4) is 0 Å². The average Bonchev–Trinajstić information content (AvgIpc) is 3.04. The molecule has 2 aromatic rings. The van der Waals surface area contributed by atoms with Crippen molar-refractivity contribution < 1.29 is 9.59 Å². The van der Waals surface area contributed by atoms with Crippen molar-refractivity contribution in [2.24, 2.45) is 0 Å². The second-order valence-corrected chi connectivity index (χ2v) is 8.07. The van der Waals surface area contributed by atoms with Crippen molar-refractivity contribution in [1.29, 1.82) is 0 Å². The van der Waals surface area contributed by atoms with Crippen LogP contribution in [0.4, 0.5) is 10.5 Å². The molecule has 2 aliphatic rings. The molecule has 0 aromatic heterocycles. The van der Waals surface area contributed by atoms with Crippen LogP contribution in [0.15, 0.2) is 48.5 Å². The Labute approximate surface area is 178 Å². The van der Waals surface area contributed by atoms with Gasteiger partial charge >= 0.3 is 6.03 Å². The number of likely N-dealkylation sites (tertiary alicyclic amines) is 1. The molecule has 2 fully saturated rings. The predicted molar refractivity (Wildman–Crippen MR) is 119 cm³/mol. The van der Waals surface area contributed by atoms with Gasteiger partial charge in [0.15, 0.2) is 0 Å². The fraction of sp³-hybridized carbons (Fsp3) is 0.417. The van der Waals surface area contributed by atoms with Gasteiger partial charge in [0, 0.05) is 37.4 Å².